The number of carbonyl (C=O) groups is 1. The summed E-state index contributed by atoms with van der Waals surface area (Å²) >= 11 is 3.03. The first kappa shape index (κ1) is 21.0. The van der Waals surface area contributed by atoms with Gasteiger partial charge in [0, 0.05) is 17.1 Å². The minimum absolute atomic E-state index is 0.0723. The Labute approximate surface area is 194 Å². The molecule has 9 heteroatoms. The average Bonchev–Trinajstić information content (AvgIpc) is 3.59. The molecule has 0 unspecified atom stereocenters. The van der Waals surface area contributed by atoms with Gasteiger partial charge in [-0.3, -0.25) is 9.36 Å². The van der Waals surface area contributed by atoms with Crippen LogP contribution in [0.2, 0.25) is 0 Å². The van der Waals surface area contributed by atoms with Crippen LogP contribution in [-0.2, 0) is 5.75 Å². The van der Waals surface area contributed by atoms with Crippen molar-refractivity contribution in [2.24, 2.45) is 0 Å². The Morgan fingerprint density at radius 2 is 1.97 bits per heavy atom. The summed E-state index contributed by atoms with van der Waals surface area (Å²) in [5, 5.41) is 15.4. The minimum atomic E-state index is -0.0723. The van der Waals surface area contributed by atoms with Gasteiger partial charge in [0.05, 0.1) is 12.0 Å². The maximum atomic E-state index is 12.6. The van der Waals surface area contributed by atoms with Gasteiger partial charge in [-0.1, -0.05) is 49.2 Å². The minimum Gasteiger partial charge on any atom is -0.461 e. The van der Waals surface area contributed by atoms with Crippen LogP contribution in [0.15, 0.2) is 63.7 Å². The number of carbonyl (C=O) groups excluding carboxylic acids is 1. The second-order valence-electron chi connectivity index (χ2n) is 7.68. The van der Waals surface area contributed by atoms with Crippen molar-refractivity contribution in [1.29, 1.82) is 0 Å². The predicted octanol–water partition coefficient (Wildman–Crippen LogP) is 5.34. The van der Waals surface area contributed by atoms with Crippen molar-refractivity contribution in [3.63, 3.8) is 0 Å². The van der Waals surface area contributed by atoms with E-state index in [-0.39, 0.29) is 11.9 Å². The highest BCUT2D eigenvalue weighted by molar-refractivity contribution is 7.98. The van der Waals surface area contributed by atoms with Gasteiger partial charge in [0.25, 0.3) is 5.91 Å². The van der Waals surface area contributed by atoms with Gasteiger partial charge in [-0.05, 0) is 37.1 Å². The van der Waals surface area contributed by atoms with Gasteiger partial charge >= 0.3 is 0 Å². The molecule has 5 rings (SSSR count). The second kappa shape index (κ2) is 9.70. The Bertz CT molecular complexity index is 1160. The van der Waals surface area contributed by atoms with Crippen molar-refractivity contribution in [1.82, 2.24) is 25.1 Å². The van der Waals surface area contributed by atoms with Gasteiger partial charge in [-0.2, -0.15) is 0 Å². The Balaban J connectivity index is 1.31. The van der Waals surface area contributed by atoms with E-state index in [1.165, 1.54) is 42.4 Å². The van der Waals surface area contributed by atoms with E-state index in [9.17, 15) is 4.79 Å². The van der Waals surface area contributed by atoms with Crippen LogP contribution in [0.1, 0.15) is 47.6 Å². The molecule has 0 aliphatic heterocycles. The molecule has 1 saturated carbocycles. The van der Waals surface area contributed by atoms with Crippen LogP contribution in [-0.4, -0.2) is 31.7 Å². The molecule has 3 aromatic heterocycles. The number of nitrogens with zero attached hydrogens (tertiary/aromatic N) is 4. The predicted molar refractivity (Wildman–Crippen MR) is 125 cm³/mol. The molecule has 1 aliphatic rings. The second-order valence-corrected chi connectivity index (χ2v) is 9.56. The van der Waals surface area contributed by atoms with E-state index >= 15 is 0 Å². The molecule has 0 saturated heterocycles. The molecule has 1 amide bonds. The summed E-state index contributed by atoms with van der Waals surface area (Å²) in [5.41, 5.74) is 1.45. The summed E-state index contributed by atoms with van der Waals surface area (Å²) in [6, 6.07) is 13.9. The van der Waals surface area contributed by atoms with Crippen molar-refractivity contribution < 1.29 is 9.21 Å². The van der Waals surface area contributed by atoms with Crippen LogP contribution in [0.5, 0.6) is 0 Å². The number of benzene rings is 1. The van der Waals surface area contributed by atoms with Crippen molar-refractivity contribution in [3.05, 3.63) is 64.8 Å². The molecule has 1 fully saturated rings. The SMILES string of the molecule is O=C(NC1CCCCC1)c1csc(CSc2nnc(-c3ccco3)n2-c2ccccc2)n1. The molecule has 4 aromatic rings. The van der Waals surface area contributed by atoms with Crippen molar-refractivity contribution in [3.8, 4) is 17.3 Å². The van der Waals surface area contributed by atoms with Gasteiger partial charge in [0.1, 0.15) is 10.7 Å². The standard InChI is InChI=1S/C23H23N5O2S2/c29-22(24-16-8-3-1-4-9-16)18-14-31-20(25-18)15-32-23-27-26-21(19-12-7-13-30-19)28(23)17-10-5-2-6-11-17/h2,5-7,10-14,16H,1,3-4,8-9,15H2,(H,24,29). The molecular weight excluding hydrogens is 442 g/mol. The van der Waals surface area contributed by atoms with Crippen molar-refractivity contribution in [2.45, 2.75) is 49.1 Å². The van der Waals surface area contributed by atoms with Crippen LogP contribution in [0.25, 0.3) is 17.3 Å². The molecule has 0 bridgehead atoms. The highest BCUT2D eigenvalue weighted by atomic mass is 32.2. The molecule has 0 spiro atoms. The van der Waals surface area contributed by atoms with E-state index in [4.69, 9.17) is 4.42 Å². The Hall–Kier alpha value is -2.91. The number of para-hydroxylation sites is 1. The number of hydrogen-bond donors (Lipinski definition) is 1. The third kappa shape index (κ3) is 4.63. The number of aromatic nitrogens is 4. The molecule has 164 valence electrons. The van der Waals surface area contributed by atoms with E-state index in [2.05, 4.69) is 20.5 Å². The van der Waals surface area contributed by atoms with Crippen molar-refractivity contribution in [2.75, 3.05) is 0 Å². The number of amides is 1. The molecule has 1 N–H and O–H groups in total. The molecule has 1 aliphatic carbocycles. The van der Waals surface area contributed by atoms with Crippen LogP contribution in [0, 0.1) is 0 Å². The lowest BCUT2D eigenvalue weighted by Gasteiger charge is -2.22. The van der Waals surface area contributed by atoms with Crippen LogP contribution >= 0.6 is 23.1 Å². The highest BCUT2D eigenvalue weighted by Gasteiger charge is 2.20. The normalized spacial score (nSPS) is 14.5. The topological polar surface area (TPSA) is 85.8 Å². The number of rotatable bonds is 7. The van der Waals surface area contributed by atoms with Gasteiger partial charge in [0.15, 0.2) is 10.9 Å². The molecule has 0 atom stereocenters. The number of thioether (sulfide) groups is 1. The van der Waals surface area contributed by atoms with Gasteiger partial charge in [0.2, 0.25) is 5.82 Å². The zero-order valence-electron chi connectivity index (χ0n) is 17.4. The summed E-state index contributed by atoms with van der Waals surface area (Å²) < 4.78 is 7.54. The molecule has 32 heavy (non-hydrogen) atoms. The van der Waals surface area contributed by atoms with E-state index in [1.807, 2.05) is 52.4 Å². The van der Waals surface area contributed by atoms with Crippen LogP contribution in [0.4, 0.5) is 0 Å². The number of nitrogens with one attached hydrogen (secondary N) is 1. The smallest absolute Gasteiger partial charge is 0.270 e. The van der Waals surface area contributed by atoms with E-state index < -0.39 is 0 Å². The maximum Gasteiger partial charge on any atom is 0.270 e. The van der Waals surface area contributed by atoms with Crippen LogP contribution in [0.3, 0.4) is 0 Å². The van der Waals surface area contributed by atoms with Crippen LogP contribution < -0.4 is 5.32 Å². The number of thiazole rings is 1. The summed E-state index contributed by atoms with van der Waals surface area (Å²) in [5.74, 6) is 1.83. The quantitative estimate of drug-likeness (QED) is 0.371. The van der Waals surface area contributed by atoms with Crippen molar-refractivity contribution >= 4 is 29.0 Å². The zero-order chi connectivity index (χ0) is 21.8. The van der Waals surface area contributed by atoms with Gasteiger partial charge in [-0.15, -0.1) is 21.5 Å². The zero-order valence-corrected chi connectivity index (χ0v) is 19.1. The number of hydrogen-bond acceptors (Lipinski definition) is 7. The lowest BCUT2D eigenvalue weighted by Crippen LogP contribution is -2.36. The summed E-state index contributed by atoms with van der Waals surface area (Å²) in [4.78, 5) is 17.1. The molecule has 7 nitrogen and oxygen atoms in total. The molecular formula is C23H23N5O2S2. The maximum absolute atomic E-state index is 12.6. The first-order chi connectivity index (χ1) is 15.8. The summed E-state index contributed by atoms with van der Waals surface area (Å²) in [6.07, 6.45) is 7.39. The lowest BCUT2D eigenvalue weighted by molar-refractivity contribution is 0.0923. The molecule has 1 aromatic carbocycles. The van der Waals surface area contributed by atoms with Gasteiger partial charge in [-0.25, -0.2) is 4.98 Å². The fourth-order valence-electron chi connectivity index (χ4n) is 3.85. The van der Waals surface area contributed by atoms with E-state index in [0.29, 0.717) is 23.0 Å². The first-order valence-electron chi connectivity index (χ1n) is 10.7. The van der Waals surface area contributed by atoms with E-state index in [1.54, 1.807) is 6.26 Å². The molecule has 0 radical (unpaired) electrons. The Kier molecular flexibility index (Phi) is 6.36. The molecule has 3 heterocycles. The third-order valence-electron chi connectivity index (χ3n) is 5.44. The summed E-state index contributed by atoms with van der Waals surface area (Å²) in [7, 11) is 0. The largest absolute Gasteiger partial charge is 0.461 e. The lowest BCUT2D eigenvalue weighted by atomic mass is 9.95. The first-order valence-corrected chi connectivity index (χ1v) is 12.6. The third-order valence-corrected chi connectivity index (χ3v) is 7.41. The monoisotopic (exact) mass is 465 g/mol. The fourth-order valence-corrected chi connectivity index (χ4v) is 5.60. The number of furan rings is 1. The highest BCUT2D eigenvalue weighted by Crippen LogP contribution is 2.30. The Morgan fingerprint density at radius 1 is 1.12 bits per heavy atom. The summed E-state index contributed by atoms with van der Waals surface area (Å²) in [6.45, 7) is 0. The fraction of sp³-hybridized carbons (Fsp3) is 0.304. The van der Waals surface area contributed by atoms with E-state index in [0.717, 1.165) is 28.7 Å². The Morgan fingerprint density at radius 3 is 2.75 bits per heavy atom. The van der Waals surface area contributed by atoms with Gasteiger partial charge < -0.3 is 9.73 Å². The average molecular weight is 466 g/mol.